The molecule has 0 fully saturated rings. The van der Waals surface area contributed by atoms with Crippen molar-refractivity contribution in [1.82, 2.24) is 28.7 Å². The highest BCUT2D eigenvalue weighted by atomic mass is 15.2. The van der Waals surface area contributed by atoms with Crippen LogP contribution in [0.5, 0.6) is 0 Å². The number of nitrogens with zero attached hydrogens (tertiary/aromatic N) is 6. The summed E-state index contributed by atoms with van der Waals surface area (Å²) in [5, 5.41) is 5.49. The molecule has 14 aromatic rings. The molecule has 0 saturated carbocycles. The standard InChI is InChI=1S/C63H40N6/c1-3-19-41(20-4-1)43-35-37-59-51(39-43)47-25-9-13-29-53(47)67(59)57-33-17-11-27-49(57)61-64-62(66-63(65-61)69-55-31-15-7-23-45(55)46-24-8-16-32-56(46)69)50-28-12-18-34-58(50)68-54-30-14-10-26-48(54)52-40-44(36-38-60(52)68)42-21-5-2-6-22-42/h1-40H/i7D,15D,23D,31D. The summed E-state index contributed by atoms with van der Waals surface area (Å²) in [5.41, 5.74) is 12.7. The molecule has 0 aliphatic carbocycles. The normalized spacial score (nSPS) is 12.6. The van der Waals surface area contributed by atoms with Gasteiger partial charge in [0.05, 0.1) is 50.0 Å². The van der Waals surface area contributed by atoms with Crippen LogP contribution in [-0.2, 0) is 0 Å². The molecule has 10 aromatic carbocycles. The summed E-state index contributed by atoms with van der Waals surface area (Å²) in [4.78, 5) is 16.2. The summed E-state index contributed by atoms with van der Waals surface area (Å²) >= 11 is 0. The summed E-state index contributed by atoms with van der Waals surface area (Å²) in [6.07, 6.45) is 0. The van der Waals surface area contributed by atoms with Crippen molar-refractivity contribution in [1.29, 1.82) is 0 Å². The van der Waals surface area contributed by atoms with E-state index in [2.05, 4.69) is 155 Å². The minimum absolute atomic E-state index is 0.125. The average Bonchev–Trinajstić information content (AvgIpc) is 4.10. The van der Waals surface area contributed by atoms with Crippen LogP contribution in [0.1, 0.15) is 5.48 Å². The molecule has 0 aliphatic rings. The fraction of sp³-hybridized carbons (Fsp3) is 0. The molecule has 0 radical (unpaired) electrons. The van der Waals surface area contributed by atoms with Gasteiger partial charge in [-0.25, -0.2) is 4.98 Å². The third-order valence-electron chi connectivity index (χ3n) is 13.5. The molecule has 6 heteroatoms. The van der Waals surface area contributed by atoms with Crippen LogP contribution in [0.15, 0.2) is 243 Å². The highest BCUT2D eigenvalue weighted by molar-refractivity contribution is 6.13. The third-order valence-corrected chi connectivity index (χ3v) is 13.5. The van der Waals surface area contributed by atoms with E-state index in [9.17, 15) is 2.74 Å². The fourth-order valence-corrected chi connectivity index (χ4v) is 10.4. The molecule has 0 N–H and O–H groups in total. The number of aromatic nitrogens is 6. The van der Waals surface area contributed by atoms with Gasteiger partial charge in [0.25, 0.3) is 0 Å². The van der Waals surface area contributed by atoms with Crippen molar-refractivity contribution in [3.05, 3.63) is 243 Å². The molecule has 322 valence electrons. The Labute approximate surface area is 402 Å². The predicted octanol–water partition coefficient (Wildman–Crippen LogP) is 15.8. The van der Waals surface area contributed by atoms with E-state index in [0.29, 0.717) is 27.9 Å². The second-order valence-electron chi connectivity index (χ2n) is 17.3. The van der Waals surface area contributed by atoms with Crippen LogP contribution < -0.4 is 0 Å². The molecule has 69 heavy (non-hydrogen) atoms. The second kappa shape index (κ2) is 15.6. The number of hydrogen-bond donors (Lipinski definition) is 0. The lowest BCUT2D eigenvalue weighted by molar-refractivity contribution is 0.950. The Hall–Kier alpha value is -9.39. The molecule has 0 unspecified atom stereocenters. The zero-order valence-corrected chi connectivity index (χ0v) is 37.0. The summed E-state index contributed by atoms with van der Waals surface area (Å²) in [7, 11) is 0. The average molecular weight is 885 g/mol. The molecular weight excluding hydrogens is 841 g/mol. The minimum atomic E-state index is -0.338. The van der Waals surface area contributed by atoms with Crippen molar-refractivity contribution >= 4 is 65.4 Å². The lowest BCUT2D eigenvalue weighted by Gasteiger charge is -2.17. The van der Waals surface area contributed by atoms with E-state index in [4.69, 9.17) is 17.7 Å². The van der Waals surface area contributed by atoms with Crippen LogP contribution in [0.3, 0.4) is 0 Å². The van der Waals surface area contributed by atoms with Gasteiger partial charge >= 0.3 is 0 Å². The van der Waals surface area contributed by atoms with Crippen LogP contribution in [0.25, 0.3) is 128 Å². The molecule has 0 aliphatic heterocycles. The van der Waals surface area contributed by atoms with Gasteiger partial charge < -0.3 is 9.13 Å². The number of benzene rings is 10. The van der Waals surface area contributed by atoms with E-state index in [1.54, 1.807) is 4.57 Å². The molecule has 14 rings (SSSR count). The Kier molecular flexibility index (Phi) is 7.90. The highest BCUT2D eigenvalue weighted by Gasteiger charge is 2.24. The van der Waals surface area contributed by atoms with Gasteiger partial charge in [0, 0.05) is 43.4 Å². The van der Waals surface area contributed by atoms with Crippen molar-refractivity contribution in [2.75, 3.05) is 0 Å². The maximum Gasteiger partial charge on any atom is 0.238 e. The van der Waals surface area contributed by atoms with Crippen molar-refractivity contribution in [2.24, 2.45) is 0 Å². The molecule has 0 amide bonds. The SMILES string of the molecule is [2H]c1c([2H])c([2H])c2c(c1[2H])c1ccccc1n2-c1nc(-c2ccccc2-n2c3ccccc3c3cc(-c4ccccc4)ccc32)nc(-c2ccccc2-n2c3ccccc3c3cc(-c4ccccc4)ccc32)n1. The first kappa shape index (κ1) is 34.9. The van der Waals surface area contributed by atoms with Gasteiger partial charge in [-0.1, -0.05) is 170 Å². The molecule has 0 spiro atoms. The topological polar surface area (TPSA) is 53.5 Å². The third kappa shape index (κ3) is 6.16. The van der Waals surface area contributed by atoms with E-state index >= 15 is 0 Å². The Morgan fingerprint density at radius 1 is 0.290 bits per heavy atom. The van der Waals surface area contributed by atoms with Gasteiger partial charge in [0.2, 0.25) is 5.95 Å². The molecule has 4 heterocycles. The van der Waals surface area contributed by atoms with E-state index in [1.165, 1.54) is 0 Å². The molecule has 4 aromatic heterocycles. The van der Waals surface area contributed by atoms with Crippen LogP contribution >= 0.6 is 0 Å². The Morgan fingerprint density at radius 3 is 1.22 bits per heavy atom. The predicted molar refractivity (Wildman–Crippen MR) is 285 cm³/mol. The zero-order chi connectivity index (χ0) is 48.9. The molecular formula is C63H40N6. The number of rotatable bonds is 7. The summed E-state index contributed by atoms with van der Waals surface area (Å²) in [5.74, 6) is 0.989. The van der Waals surface area contributed by atoms with E-state index in [-0.39, 0.29) is 35.6 Å². The smallest absolute Gasteiger partial charge is 0.238 e. The number of fused-ring (bicyclic) bond motifs is 9. The van der Waals surface area contributed by atoms with Crippen LogP contribution in [0.2, 0.25) is 0 Å². The Balaban J connectivity index is 1.06. The quantitative estimate of drug-likeness (QED) is 0.160. The lowest BCUT2D eigenvalue weighted by atomic mass is 10.0. The first-order chi connectivity index (χ1) is 35.9. The molecule has 0 saturated heterocycles. The largest absolute Gasteiger partial charge is 0.309 e. The van der Waals surface area contributed by atoms with Crippen molar-refractivity contribution in [2.45, 2.75) is 0 Å². The monoisotopic (exact) mass is 884 g/mol. The van der Waals surface area contributed by atoms with Crippen molar-refractivity contribution in [3.63, 3.8) is 0 Å². The molecule has 0 atom stereocenters. The van der Waals surface area contributed by atoms with Gasteiger partial charge in [0.15, 0.2) is 11.6 Å². The molecule has 0 bridgehead atoms. The fourth-order valence-electron chi connectivity index (χ4n) is 10.4. The maximum atomic E-state index is 9.40. The summed E-state index contributed by atoms with van der Waals surface area (Å²) < 4.78 is 42.5. The van der Waals surface area contributed by atoms with Crippen molar-refractivity contribution in [3.8, 4) is 62.4 Å². The van der Waals surface area contributed by atoms with E-state index in [1.807, 2.05) is 72.8 Å². The summed E-state index contributed by atoms with van der Waals surface area (Å²) in [6.45, 7) is 0. The minimum Gasteiger partial charge on any atom is -0.309 e. The zero-order valence-electron chi connectivity index (χ0n) is 41.0. The van der Waals surface area contributed by atoms with Gasteiger partial charge in [-0.2, -0.15) is 9.97 Å². The van der Waals surface area contributed by atoms with Gasteiger partial charge in [0.1, 0.15) is 0 Å². The first-order valence-corrected chi connectivity index (χ1v) is 23.0. The molecule has 6 nitrogen and oxygen atoms in total. The van der Waals surface area contributed by atoms with Crippen LogP contribution in [-0.4, -0.2) is 28.7 Å². The van der Waals surface area contributed by atoms with E-state index < -0.39 is 0 Å². The van der Waals surface area contributed by atoms with Gasteiger partial charge in [-0.3, -0.25) is 4.57 Å². The van der Waals surface area contributed by atoms with Crippen molar-refractivity contribution < 1.29 is 5.48 Å². The first-order valence-electron chi connectivity index (χ1n) is 25.0. The van der Waals surface area contributed by atoms with Crippen LogP contribution in [0.4, 0.5) is 0 Å². The van der Waals surface area contributed by atoms with Gasteiger partial charge in [-0.15, -0.1) is 0 Å². The Morgan fingerprint density at radius 2 is 0.696 bits per heavy atom. The maximum absolute atomic E-state index is 9.40. The second-order valence-corrected chi connectivity index (χ2v) is 17.3. The lowest BCUT2D eigenvalue weighted by Crippen LogP contribution is -2.09. The summed E-state index contributed by atoms with van der Waals surface area (Å²) in [6, 6.07) is 74.0. The van der Waals surface area contributed by atoms with Gasteiger partial charge in [-0.05, 0) is 95.0 Å². The number of hydrogen-bond acceptors (Lipinski definition) is 3. The number of para-hydroxylation sites is 6. The van der Waals surface area contributed by atoms with E-state index in [0.717, 1.165) is 88.4 Å². The Bertz CT molecular complexity index is 4340. The highest BCUT2D eigenvalue weighted by Crippen LogP contribution is 2.41. The van der Waals surface area contributed by atoms with Crippen LogP contribution in [0, 0.1) is 0 Å².